The third kappa shape index (κ3) is 5.42. The van der Waals surface area contributed by atoms with Crippen molar-refractivity contribution in [3.63, 3.8) is 0 Å². The molecule has 19 heavy (non-hydrogen) atoms. The summed E-state index contributed by atoms with van der Waals surface area (Å²) in [5.74, 6) is 0.810. The highest BCUT2D eigenvalue weighted by Gasteiger charge is 2.02. The molecule has 1 rings (SSSR count). The van der Waals surface area contributed by atoms with Crippen molar-refractivity contribution >= 4 is 11.8 Å². The number of carbonyl (C=O) groups excluding carboxylic acids is 1. The zero-order valence-corrected chi connectivity index (χ0v) is 11.8. The summed E-state index contributed by atoms with van der Waals surface area (Å²) in [7, 11) is 0. The van der Waals surface area contributed by atoms with Crippen LogP contribution in [0.25, 0.3) is 0 Å². The van der Waals surface area contributed by atoms with E-state index >= 15 is 0 Å². The molecule has 1 N–H and O–H groups in total. The van der Waals surface area contributed by atoms with Crippen LogP contribution in [0.15, 0.2) is 29.4 Å². The van der Waals surface area contributed by atoms with Gasteiger partial charge in [0.15, 0.2) is 0 Å². The predicted octanol–water partition coefficient (Wildman–Crippen LogP) is 2.94. The molecule has 0 saturated carbocycles. The minimum atomic E-state index is -0.554. The lowest BCUT2D eigenvalue weighted by molar-refractivity contribution is 0.152. The number of hydrazone groups is 1. The van der Waals surface area contributed by atoms with Gasteiger partial charge in [0, 0.05) is 0 Å². The second kappa shape index (κ2) is 7.41. The van der Waals surface area contributed by atoms with Crippen LogP contribution >= 0.6 is 0 Å². The van der Waals surface area contributed by atoms with Crippen LogP contribution in [0.5, 0.6) is 5.75 Å². The van der Waals surface area contributed by atoms with Gasteiger partial charge in [-0.25, -0.2) is 10.2 Å². The van der Waals surface area contributed by atoms with E-state index in [4.69, 9.17) is 9.47 Å². The van der Waals surface area contributed by atoms with Gasteiger partial charge in [0.2, 0.25) is 0 Å². The molecule has 5 heteroatoms. The molecule has 5 nitrogen and oxygen atoms in total. The van der Waals surface area contributed by atoms with E-state index in [2.05, 4.69) is 10.5 Å². The first-order valence-corrected chi connectivity index (χ1v) is 6.27. The summed E-state index contributed by atoms with van der Waals surface area (Å²) in [5, 5.41) is 3.95. The van der Waals surface area contributed by atoms with E-state index in [1.807, 2.05) is 45.0 Å². The average Bonchev–Trinajstić information content (AvgIpc) is 2.36. The van der Waals surface area contributed by atoms with Gasteiger partial charge in [0.05, 0.1) is 18.4 Å². The quantitative estimate of drug-likeness (QED) is 0.657. The van der Waals surface area contributed by atoms with Crippen LogP contribution in [0.1, 0.15) is 33.3 Å². The van der Waals surface area contributed by atoms with Gasteiger partial charge in [-0.2, -0.15) is 5.10 Å². The van der Waals surface area contributed by atoms with Crippen molar-refractivity contribution in [3.05, 3.63) is 29.8 Å². The van der Waals surface area contributed by atoms with Crippen LogP contribution in [0.3, 0.4) is 0 Å². The van der Waals surface area contributed by atoms with E-state index < -0.39 is 6.09 Å². The fourth-order valence-corrected chi connectivity index (χ4v) is 1.40. The minimum Gasteiger partial charge on any atom is -0.491 e. The van der Waals surface area contributed by atoms with E-state index in [9.17, 15) is 4.79 Å². The third-order valence-corrected chi connectivity index (χ3v) is 2.23. The largest absolute Gasteiger partial charge is 0.491 e. The first-order chi connectivity index (χ1) is 9.02. The molecule has 0 spiro atoms. The summed E-state index contributed by atoms with van der Waals surface area (Å²) < 4.78 is 10.3. The van der Waals surface area contributed by atoms with Crippen LogP contribution in [0.2, 0.25) is 0 Å². The molecule has 1 aromatic rings. The Bertz CT molecular complexity index is 439. The molecule has 0 aliphatic carbocycles. The summed E-state index contributed by atoms with van der Waals surface area (Å²) in [6.45, 7) is 7.82. The molecule has 0 saturated heterocycles. The molecule has 0 aromatic heterocycles. The molecule has 1 aromatic carbocycles. The number of hydrogen-bond acceptors (Lipinski definition) is 4. The second-order valence-corrected chi connectivity index (χ2v) is 4.22. The molecule has 0 fully saturated rings. The van der Waals surface area contributed by atoms with Crippen molar-refractivity contribution in [1.29, 1.82) is 0 Å². The molecule has 0 aliphatic heterocycles. The van der Waals surface area contributed by atoms with Gasteiger partial charge in [0.1, 0.15) is 5.75 Å². The highest BCUT2D eigenvalue weighted by Crippen LogP contribution is 2.14. The normalized spacial score (nSPS) is 11.3. The predicted molar refractivity (Wildman–Crippen MR) is 74.6 cm³/mol. The summed E-state index contributed by atoms with van der Waals surface area (Å²) in [4.78, 5) is 11.1. The maximum absolute atomic E-state index is 11.1. The van der Waals surface area contributed by atoms with Crippen molar-refractivity contribution < 1.29 is 14.3 Å². The van der Waals surface area contributed by atoms with Gasteiger partial charge in [0.25, 0.3) is 0 Å². The molecule has 104 valence electrons. The maximum Gasteiger partial charge on any atom is 0.427 e. The number of nitrogens with zero attached hydrogens (tertiary/aromatic N) is 1. The number of carbonyl (C=O) groups is 1. The highest BCUT2D eigenvalue weighted by atomic mass is 16.5. The molecule has 0 bridgehead atoms. The molecule has 0 unspecified atom stereocenters. The van der Waals surface area contributed by atoms with Crippen molar-refractivity contribution in [2.75, 3.05) is 6.61 Å². The molecule has 0 aliphatic rings. The first kappa shape index (κ1) is 15.0. The van der Waals surface area contributed by atoms with Crippen LogP contribution in [0.4, 0.5) is 4.79 Å². The van der Waals surface area contributed by atoms with Crippen LogP contribution < -0.4 is 10.2 Å². The van der Waals surface area contributed by atoms with Gasteiger partial charge in [-0.3, -0.25) is 0 Å². The summed E-state index contributed by atoms with van der Waals surface area (Å²) >= 11 is 0. The SMILES string of the molecule is CCOC(=O)N/N=C(/C)c1ccc(OC(C)C)cc1. The monoisotopic (exact) mass is 264 g/mol. The fourth-order valence-electron chi connectivity index (χ4n) is 1.40. The first-order valence-electron chi connectivity index (χ1n) is 6.27. The highest BCUT2D eigenvalue weighted by molar-refractivity contribution is 5.99. The Kier molecular flexibility index (Phi) is 5.85. The average molecular weight is 264 g/mol. The summed E-state index contributed by atoms with van der Waals surface area (Å²) in [6.07, 6.45) is -0.410. The Labute approximate surface area is 113 Å². The Morgan fingerprint density at radius 1 is 1.32 bits per heavy atom. The van der Waals surface area contributed by atoms with E-state index in [0.717, 1.165) is 11.3 Å². The number of amides is 1. The van der Waals surface area contributed by atoms with E-state index in [1.165, 1.54) is 0 Å². The van der Waals surface area contributed by atoms with Gasteiger partial charge >= 0.3 is 6.09 Å². The van der Waals surface area contributed by atoms with Gasteiger partial charge < -0.3 is 9.47 Å². The molecular weight excluding hydrogens is 244 g/mol. The van der Waals surface area contributed by atoms with E-state index in [-0.39, 0.29) is 6.10 Å². The minimum absolute atomic E-state index is 0.145. The van der Waals surface area contributed by atoms with Crippen molar-refractivity contribution in [3.8, 4) is 5.75 Å². The smallest absolute Gasteiger partial charge is 0.427 e. The van der Waals surface area contributed by atoms with E-state index in [0.29, 0.717) is 12.3 Å². The number of rotatable bonds is 5. The molecule has 0 radical (unpaired) electrons. The molecule has 0 heterocycles. The Morgan fingerprint density at radius 3 is 2.47 bits per heavy atom. The lowest BCUT2D eigenvalue weighted by Crippen LogP contribution is -2.20. The van der Waals surface area contributed by atoms with Crippen LogP contribution in [-0.4, -0.2) is 24.5 Å². The lowest BCUT2D eigenvalue weighted by atomic mass is 10.1. The molecular formula is C14H20N2O3. The zero-order chi connectivity index (χ0) is 14.3. The summed E-state index contributed by atoms with van der Waals surface area (Å²) in [5.41, 5.74) is 3.93. The number of hydrogen-bond donors (Lipinski definition) is 1. The van der Waals surface area contributed by atoms with Crippen molar-refractivity contribution in [1.82, 2.24) is 5.43 Å². The third-order valence-electron chi connectivity index (χ3n) is 2.23. The Hall–Kier alpha value is -2.04. The van der Waals surface area contributed by atoms with Crippen LogP contribution in [-0.2, 0) is 4.74 Å². The topological polar surface area (TPSA) is 59.9 Å². The lowest BCUT2D eigenvalue weighted by Gasteiger charge is -2.10. The number of ether oxygens (including phenoxy) is 2. The van der Waals surface area contributed by atoms with E-state index in [1.54, 1.807) is 6.92 Å². The molecule has 1 amide bonds. The number of benzene rings is 1. The zero-order valence-electron chi connectivity index (χ0n) is 11.8. The summed E-state index contributed by atoms with van der Waals surface area (Å²) in [6, 6.07) is 7.53. The van der Waals surface area contributed by atoms with Gasteiger partial charge in [-0.05, 0) is 57.5 Å². The molecule has 0 atom stereocenters. The van der Waals surface area contributed by atoms with Crippen LogP contribution in [0, 0.1) is 0 Å². The maximum atomic E-state index is 11.1. The van der Waals surface area contributed by atoms with Crippen molar-refractivity contribution in [2.45, 2.75) is 33.8 Å². The second-order valence-electron chi connectivity index (χ2n) is 4.22. The number of nitrogens with one attached hydrogen (secondary N) is 1. The van der Waals surface area contributed by atoms with Crippen molar-refractivity contribution in [2.24, 2.45) is 5.10 Å². The van der Waals surface area contributed by atoms with Gasteiger partial charge in [-0.15, -0.1) is 0 Å². The standard InChI is InChI=1S/C14H20N2O3/c1-5-18-14(17)16-15-11(4)12-6-8-13(9-7-12)19-10(2)3/h6-10H,5H2,1-4H3,(H,16,17)/b15-11-. The Morgan fingerprint density at radius 2 is 1.95 bits per heavy atom. The fraction of sp³-hybridized carbons (Fsp3) is 0.429. The Balaban J connectivity index is 2.64. The van der Waals surface area contributed by atoms with Gasteiger partial charge in [-0.1, -0.05) is 0 Å².